The number of rotatable bonds is 1. The summed E-state index contributed by atoms with van der Waals surface area (Å²) in [6, 6.07) is 15.5. The van der Waals surface area contributed by atoms with E-state index < -0.39 is 0 Å². The number of aromatic nitrogens is 1. The Balaban J connectivity index is 2.58. The van der Waals surface area contributed by atoms with Gasteiger partial charge in [-0.15, -0.1) is 0 Å². The fraction of sp³-hybridized carbons (Fsp3) is 0.0833. The maximum atomic E-state index is 9.77. The van der Waals surface area contributed by atoms with E-state index in [1.807, 2.05) is 55.5 Å². The van der Waals surface area contributed by atoms with E-state index in [1.165, 1.54) is 4.73 Å². The molecule has 0 spiro atoms. The molecule has 2 rings (SSSR count). The second-order valence-corrected chi connectivity index (χ2v) is 3.23. The zero-order chi connectivity index (χ0) is 9.97. The summed E-state index contributed by atoms with van der Waals surface area (Å²) in [7, 11) is 0. The summed E-state index contributed by atoms with van der Waals surface area (Å²) in [6.07, 6.45) is 0. The summed E-state index contributed by atoms with van der Waals surface area (Å²) in [5.74, 6) is 0. The van der Waals surface area contributed by atoms with E-state index in [0.29, 0.717) is 0 Å². The van der Waals surface area contributed by atoms with Crippen molar-refractivity contribution in [1.82, 2.24) is 0 Å². The van der Waals surface area contributed by atoms with E-state index in [9.17, 15) is 5.21 Å². The zero-order valence-electron chi connectivity index (χ0n) is 8.01. The van der Waals surface area contributed by atoms with Gasteiger partial charge < -0.3 is 0 Å². The van der Waals surface area contributed by atoms with Crippen molar-refractivity contribution >= 4 is 0 Å². The predicted molar refractivity (Wildman–Crippen MR) is 54.0 cm³/mol. The third kappa shape index (κ3) is 1.46. The van der Waals surface area contributed by atoms with Crippen molar-refractivity contribution in [3.8, 4) is 11.3 Å². The summed E-state index contributed by atoms with van der Waals surface area (Å²) in [5.41, 5.74) is 2.65. The Morgan fingerprint density at radius 2 is 1.64 bits per heavy atom. The maximum Gasteiger partial charge on any atom is 0.264 e. The van der Waals surface area contributed by atoms with Crippen LogP contribution in [0.2, 0.25) is 0 Å². The molecular weight excluding hydrogens is 174 g/mol. The van der Waals surface area contributed by atoms with Crippen molar-refractivity contribution in [3.05, 3.63) is 54.2 Å². The first kappa shape index (κ1) is 8.75. The molecule has 1 N–H and O–H groups in total. The van der Waals surface area contributed by atoms with Crippen molar-refractivity contribution in [3.63, 3.8) is 0 Å². The van der Waals surface area contributed by atoms with Gasteiger partial charge in [0, 0.05) is 23.8 Å². The second kappa shape index (κ2) is 3.50. The number of hydrogen-bond acceptors (Lipinski definition) is 1. The van der Waals surface area contributed by atoms with Gasteiger partial charge in [-0.25, -0.2) is 0 Å². The van der Waals surface area contributed by atoms with Crippen LogP contribution in [0.25, 0.3) is 11.3 Å². The van der Waals surface area contributed by atoms with E-state index in [-0.39, 0.29) is 0 Å². The SMILES string of the molecule is Cc1cccc(-c2ccccc2)[n+]1O. The topological polar surface area (TPSA) is 24.1 Å². The molecule has 0 saturated heterocycles. The lowest BCUT2D eigenvalue weighted by molar-refractivity contribution is -0.900. The summed E-state index contributed by atoms with van der Waals surface area (Å²) in [6.45, 7) is 1.87. The Hall–Kier alpha value is -1.83. The van der Waals surface area contributed by atoms with Crippen molar-refractivity contribution in [2.24, 2.45) is 0 Å². The zero-order valence-corrected chi connectivity index (χ0v) is 8.01. The van der Waals surface area contributed by atoms with Crippen molar-refractivity contribution < 1.29 is 9.94 Å². The molecular formula is C12H12NO+. The summed E-state index contributed by atoms with van der Waals surface area (Å²) < 4.78 is 1.20. The molecule has 1 aromatic heterocycles. The van der Waals surface area contributed by atoms with Crippen LogP contribution in [0.3, 0.4) is 0 Å². The van der Waals surface area contributed by atoms with Gasteiger partial charge in [0.05, 0.1) is 5.56 Å². The fourth-order valence-electron chi connectivity index (χ4n) is 1.44. The lowest BCUT2D eigenvalue weighted by atomic mass is 10.1. The first-order valence-electron chi connectivity index (χ1n) is 4.55. The second-order valence-electron chi connectivity index (χ2n) is 3.23. The molecule has 0 amide bonds. The molecule has 2 heteroatoms. The molecule has 14 heavy (non-hydrogen) atoms. The first-order chi connectivity index (χ1) is 6.79. The van der Waals surface area contributed by atoms with E-state index in [2.05, 4.69) is 0 Å². The van der Waals surface area contributed by atoms with Gasteiger partial charge in [-0.3, -0.25) is 5.21 Å². The van der Waals surface area contributed by atoms with Gasteiger partial charge in [0.25, 0.3) is 5.69 Å². The fourth-order valence-corrected chi connectivity index (χ4v) is 1.44. The first-order valence-corrected chi connectivity index (χ1v) is 4.55. The lowest BCUT2D eigenvalue weighted by Crippen LogP contribution is -2.35. The van der Waals surface area contributed by atoms with Gasteiger partial charge >= 0.3 is 0 Å². The van der Waals surface area contributed by atoms with Crippen LogP contribution in [-0.2, 0) is 0 Å². The van der Waals surface area contributed by atoms with Crippen LogP contribution < -0.4 is 4.73 Å². The predicted octanol–water partition coefficient (Wildman–Crippen LogP) is 2.19. The standard InChI is InChI=1S/C12H12NO/c1-10-6-5-9-12(13(10)14)11-7-3-2-4-8-11/h2-9,14H,1H3/q+1. The highest BCUT2D eigenvalue weighted by Crippen LogP contribution is 2.13. The molecule has 0 aliphatic heterocycles. The Labute approximate surface area is 83.0 Å². The Morgan fingerprint density at radius 3 is 2.36 bits per heavy atom. The average molecular weight is 186 g/mol. The van der Waals surface area contributed by atoms with E-state index >= 15 is 0 Å². The Kier molecular flexibility index (Phi) is 2.19. The van der Waals surface area contributed by atoms with Crippen molar-refractivity contribution in [1.29, 1.82) is 0 Å². The van der Waals surface area contributed by atoms with Gasteiger partial charge in [0.1, 0.15) is 0 Å². The molecule has 0 bridgehead atoms. The van der Waals surface area contributed by atoms with E-state index in [1.54, 1.807) is 0 Å². The normalized spacial score (nSPS) is 10.1. The molecule has 0 atom stereocenters. The monoisotopic (exact) mass is 186 g/mol. The molecule has 0 fully saturated rings. The van der Waals surface area contributed by atoms with E-state index in [4.69, 9.17) is 0 Å². The highest BCUT2D eigenvalue weighted by Gasteiger charge is 2.13. The lowest BCUT2D eigenvalue weighted by Gasteiger charge is -1.97. The maximum absolute atomic E-state index is 9.77. The van der Waals surface area contributed by atoms with Gasteiger partial charge in [-0.2, -0.15) is 0 Å². The van der Waals surface area contributed by atoms with Gasteiger partial charge in [0.15, 0.2) is 0 Å². The number of pyridine rings is 1. The molecule has 1 heterocycles. The number of aryl methyl sites for hydroxylation is 1. The minimum absolute atomic E-state index is 0.811. The van der Waals surface area contributed by atoms with Crippen LogP contribution in [-0.4, -0.2) is 5.21 Å². The molecule has 0 aliphatic carbocycles. The number of hydrogen-bond donors (Lipinski definition) is 1. The van der Waals surface area contributed by atoms with Crippen molar-refractivity contribution in [2.45, 2.75) is 6.92 Å². The van der Waals surface area contributed by atoms with Gasteiger partial charge in [-0.05, 0) is 18.2 Å². The minimum Gasteiger partial charge on any atom is -0.284 e. The quantitative estimate of drug-likeness (QED) is 0.535. The summed E-state index contributed by atoms with van der Waals surface area (Å²) in [4.78, 5) is 0. The van der Waals surface area contributed by atoms with Crippen LogP contribution in [0.5, 0.6) is 0 Å². The Bertz CT molecular complexity index is 437. The van der Waals surface area contributed by atoms with Gasteiger partial charge in [-0.1, -0.05) is 18.2 Å². The summed E-state index contributed by atoms with van der Waals surface area (Å²) in [5, 5.41) is 9.77. The highest BCUT2D eigenvalue weighted by molar-refractivity contribution is 5.55. The molecule has 0 unspecified atom stereocenters. The molecule has 0 saturated carbocycles. The van der Waals surface area contributed by atoms with Crippen LogP contribution in [0, 0.1) is 6.92 Å². The minimum atomic E-state index is 0.811. The van der Waals surface area contributed by atoms with E-state index in [0.717, 1.165) is 17.0 Å². The molecule has 0 radical (unpaired) electrons. The third-order valence-corrected chi connectivity index (χ3v) is 2.22. The van der Waals surface area contributed by atoms with Crippen LogP contribution >= 0.6 is 0 Å². The largest absolute Gasteiger partial charge is 0.284 e. The Morgan fingerprint density at radius 1 is 0.929 bits per heavy atom. The van der Waals surface area contributed by atoms with Gasteiger partial charge in [0.2, 0.25) is 5.69 Å². The molecule has 2 aromatic rings. The highest BCUT2D eigenvalue weighted by atomic mass is 16.5. The van der Waals surface area contributed by atoms with Crippen LogP contribution in [0.1, 0.15) is 5.69 Å². The molecule has 2 nitrogen and oxygen atoms in total. The van der Waals surface area contributed by atoms with Crippen LogP contribution in [0.4, 0.5) is 0 Å². The van der Waals surface area contributed by atoms with Crippen LogP contribution in [0.15, 0.2) is 48.5 Å². The summed E-state index contributed by atoms with van der Waals surface area (Å²) >= 11 is 0. The molecule has 0 aliphatic rings. The number of benzene rings is 1. The smallest absolute Gasteiger partial charge is 0.264 e. The average Bonchev–Trinajstić information content (AvgIpc) is 2.23. The number of nitrogens with zero attached hydrogens (tertiary/aromatic N) is 1. The molecule has 70 valence electrons. The molecule has 1 aromatic carbocycles. The van der Waals surface area contributed by atoms with Crippen molar-refractivity contribution in [2.75, 3.05) is 0 Å². The third-order valence-electron chi connectivity index (χ3n) is 2.22.